The quantitative estimate of drug-likeness (QED) is 0.356. The summed E-state index contributed by atoms with van der Waals surface area (Å²) in [7, 11) is 0. The van der Waals surface area contributed by atoms with Crippen molar-refractivity contribution in [1.82, 2.24) is 4.98 Å². The van der Waals surface area contributed by atoms with Crippen LogP contribution in [0, 0.1) is 22.0 Å². The zero-order valence-corrected chi connectivity index (χ0v) is 21.5. The zero-order valence-electron chi connectivity index (χ0n) is 21.5. The maximum atomic E-state index is 14.3. The van der Waals surface area contributed by atoms with E-state index in [0.29, 0.717) is 25.7 Å². The first kappa shape index (κ1) is 25.2. The lowest BCUT2D eigenvalue weighted by atomic mass is 10.1. The molecule has 40 heavy (non-hydrogen) atoms. The molecule has 4 unspecified atom stereocenters. The van der Waals surface area contributed by atoms with Crippen LogP contribution in [-0.4, -0.2) is 51.3 Å². The third-order valence-electron chi connectivity index (χ3n) is 8.88. The number of anilines is 2. The van der Waals surface area contributed by atoms with Crippen LogP contribution < -0.4 is 9.80 Å². The Morgan fingerprint density at radius 2 is 1.12 bits per heavy atom. The van der Waals surface area contributed by atoms with Crippen LogP contribution in [0.1, 0.15) is 49.4 Å². The number of benzene rings is 2. The van der Waals surface area contributed by atoms with Gasteiger partial charge in [0.2, 0.25) is 12.3 Å². The van der Waals surface area contributed by atoms with E-state index in [9.17, 15) is 28.8 Å². The lowest BCUT2D eigenvalue weighted by Crippen LogP contribution is -2.47. The third-order valence-corrected chi connectivity index (χ3v) is 8.88. The predicted octanol–water partition coefficient (Wildman–Crippen LogP) is 4.40. The van der Waals surface area contributed by atoms with E-state index in [4.69, 9.17) is 4.98 Å². The Hall–Kier alpha value is -3.77. The van der Waals surface area contributed by atoms with Gasteiger partial charge in [0.25, 0.3) is 11.8 Å². The van der Waals surface area contributed by atoms with Gasteiger partial charge < -0.3 is 19.7 Å². The molecule has 0 aliphatic carbocycles. The summed E-state index contributed by atoms with van der Waals surface area (Å²) in [6.07, 6.45) is -0.208. The Bertz CT molecular complexity index is 1430. The van der Waals surface area contributed by atoms with E-state index in [1.165, 1.54) is 46.2 Å². The Morgan fingerprint density at radius 1 is 0.700 bits per heavy atom. The average molecular weight is 548 g/mol. The van der Waals surface area contributed by atoms with E-state index < -0.39 is 45.3 Å². The highest BCUT2D eigenvalue weighted by atomic mass is 19.1. The first-order chi connectivity index (χ1) is 19.2. The van der Waals surface area contributed by atoms with E-state index in [1.807, 2.05) is 0 Å². The number of rotatable bonds is 4. The molecule has 3 aromatic rings. The van der Waals surface area contributed by atoms with Crippen LogP contribution in [0.3, 0.4) is 0 Å². The van der Waals surface area contributed by atoms with Crippen molar-refractivity contribution in [3.63, 3.8) is 0 Å². The molecule has 0 spiro atoms. The second kappa shape index (κ2) is 8.87. The Balaban J connectivity index is 1.37. The second-order valence-electron chi connectivity index (χ2n) is 11.1. The first-order valence-corrected chi connectivity index (χ1v) is 13.5. The zero-order chi connectivity index (χ0) is 27.8. The number of carbonyl (C=O) groups is 2. The van der Waals surface area contributed by atoms with Crippen LogP contribution in [0.2, 0.25) is 0 Å². The summed E-state index contributed by atoms with van der Waals surface area (Å²) in [6.45, 7) is 0.388. The molecule has 2 aromatic carbocycles. The molecule has 4 fully saturated rings. The number of aromatic nitrogens is 1. The molecule has 5 heterocycles. The average Bonchev–Trinajstić information content (AvgIpc) is 3.62. The fourth-order valence-electron chi connectivity index (χ4n) is 7.23. The molecule has 7 rings (SSSR count). The van der Waals surface area contributed by atoms with Crippen LogP contribution in [0.5, 0.6) is 0 Å². The van der Waals surface area contributed by atoms with Crippen LogP contribution in [0.4, 0.5) is 20.2 Å². The van der Waals surface area contributed by atoms with Gasteiger partial charge in [-0.05, 0) is 48.5 Å². The summed E-state index contributed by atoms with van der Waals surface area (Å²) in [4.78, 5) is 34.6. The van der Waals surface area contributed by atoms with Gasteiger partial charge in [0.1, 0.15) is 23.0 Å². The fourth-order valence-corrected chi connectivity index (χ4v) is 7.23. The molecule has 2 amide bonds. The lowest BCUT2D eigenvalue weighted by Gasteiger charge is -2.45. The topological polar surface area (TPSA) is 99.6 Å². The van der Waals surface area contributed by atoms with Gasteiger partial charge in [0, 0.05) is 25.7 Å². The summed E-state index contributed by atoms with van der Waals surface area (Å²) < 4.78 is 26.8. The highest BCUT2D eigenvalue weighted by Gasteiger charge is 2.61. The van der Waals surface area contributed by atoms with Gasteiger partial charge in [0.05, 0.1) is 24.5 Å². The van der Waals surface area contributed by atoms with Gasteiger partial charge in [-0.3, -0.25) is 19.4 Å². The number of carbonyl (C=O) groups excluding carboxylic acids is 2. The van der Waals surface area contributed by atoms with Gasteiger partial charge in [-0.15, -0.1) is 0 Å². The smallest absolute Gasteiger partial charge is 0.290 e. The maximum absolute atomic E-state index is 14.3. The van der Waals surface area contributed by atoms with Crippen molar-refractivity contribution in [3.8, 4) is 0 Å². The molecule has 4 saturated heterocycles. The molecule has 4 aliphatic heterocycles. The minimum absolute atomic E-state index is 0.194. The van der Waals surface area contributed by atoms with Gasteiger partial charge >= 0.3 is 0 Å². The number of hydrogen-bond donors (Lipinski definition) is 0. The van der Waals surface area contributed by atoms with Crippen molar-refractivity contribution in [3.05, 3.63) is 100 Å². The summed E-state index contributed by atoms with van der Waals surface area (Å²) in [5.41, 5.74) is 1.04. The van der Waals surface area contributed by atoms with Crippen molar-refractivity contribution < 1.29 is 27.7 Å². The molecular weight excluding hydrogens is 520 g/mol. The Morgan fingerprint density at radius 3 is 1.55 bits per heavy atom. The molecule has 0 saturated carbocycles. The number of fused-ring (bicyclic) bond motifs is 2. The summed E-state index contributed by atoms with van der Waals surface area (Å²) in [5.74, 6) is -1.86. The van der Waals surface area contributed by atoms with E-state index in [2.05, 4.69) is 0 Å². The fraction of sp³-hybridized carbons (Fsp3) is 0.345. The Labute approximate surface area is 229 Å². The third kappa shape index (κ3) is 3.48. The van der Waals surface area contributed by atoms with E-state index >= 15 is 0 Å². The predicted molar refractivity (Wildman–Crippen MR) is 141 cm³/mol. The van der Waals surface area contributed by atoms with E-state index in [1.54, 1.807) is 30.3 Å². The van der Waals surface area contributed by atoms with Crippen LogP contribution >= 0.6 is 0 Å². The standard InChI is InChI=1S/C29H27F2N5O4/c30-18-6-1-8-20(16-18)33-26(35(39)14-4-12-24(35)28(33)37)22-10-3-11-23(32-22)27-34(21-9-2-7-19(31)17-21)29(38)25-13-5-15-36(25,27)40/h1-3,6-11,16-17,24-27H,4-5,12-15H2/t24?,25?,26?,27?,35-,36-/m1/s1. The number of hydrogen-bond acceptors (Lipinski definition) is 5. The number of nitrogens with zero attached hydrogens (tertiary/aromatic N) is 5. The molecule has 0 radical (unpaired) electrons. The van der Waals surface area contributed by atoms with Crippen LogP contribution in [-0.2, 0) is 9.59 Å². The van der Waals surface area contributed by atoms with Gasteiger partial charge in [-0.25, -0.2) is 13.8 Å². The van der Waals surface area contributed by atoms with Crippen molar-refractivity contribution >= 4 is 23.2 Å². The number of pyridine rings is 1. The minimum atomic E-state index is -1.09. The SMILES string of the molecule is O=C1C2CCC[N@+]2([O-])C(c2cccc(C3N(c4cccc(F)c4)C(=O)C4CCC[N@@+]43[O-])n2)N1c1cccc(F)c1. The molecule has 1 aromatic heterocycles. The highest BCUT2D eigenvalue weighted by molar-refractivity contribution is 5.99. The molecular formula is C29H27F2N5O4. The van der Waals surface area contributed by atoms with Crippen LogP contribution in [0.15, 0.2) is 66.7 Å². The van der Waals surface area contributed by atoms with Gasteiger partial charge in [-0.2, -0.15) is 0 Å². The van der Waals surface area contributed by atoms with Crippen LogP contribution in [0.25, 0.3) is 0 Å². The molecule has 0 bridgehead atoms. The lowest BCUT2D eigenvalue weighted by molar-refractivity contribution is -0.905. The molecule has 11 heteroatoms. The minimum Gasteiger partial charge on any atom is -0.630 e. The van der Waals surface area contributed by atoms with Crippen molar-refractivity contribution in [2.45, 2.75) is 50.1 Å². The van der Waals surface area contributed by atoms with Crippen molar-refractivity contribution in [2.75, 3.05) is 22.9 Å². The van der Waals surface area contributed by atoms with Crippen molar-refractivity contribution in [1.29, 1.82) is 0 Å². The number of halogens is 2. The molecule has 4 aliphatic rings. The Kier molecular flexibility index (Phi) is 5.59. The normalized spacial score (nSPS) is 33.1. The van der Waals surface area contributed by atoms with Crippen molar-refractivity contribution in [2.24, 2.45) is 0 Å². The number of amides is 2. The highest BCUT2D eigenvalue weighted by Crippen LogP contribution is 2.50. The maximum Gasteiger partial charge on any atom is 0.290 e. The van der Waals surface area contributed by atoms with E-state index in [0.717, 1.165) is 0 Å². The summed E-state index contributed by atoms with van der Waals surface area (Å²) in [5, 5.41) is 28.6. The summed E-state index contributed by atoms with van der Waals surface area (Å²) >= 11 is 0. The van der Waals surface area contributed by atoms with Gasteiger partial charge in [-0.1, -0.05) is 18.2 Å². The largest absolute Gasteiger partial charge is 0.630 e. The summed E-state index contributed by atoms with van der Waals surface area (Å²) in [6, 6.07) is 14.4. The second-order valence-corrected chi connectivity index (χ2v) is 11.1. The molecule has 206 valence electrons. The monoisotopic (exact) mass is 547 g/mol. The van der Waals surface area contributed by atoms with Gasteiger partial charge in [0.15, 0.2) is 12.1 Å². The molecule has 6 atom stereocenters. The molecule has 0 N–H and O–H groups in total. The first-order valence-electron chi connectivity index (χ1n) is 13.5. The molecule has 9 nitrogen and oxygen atoms in total. The number of quaternary nitrogens is 2. The number of hydroxylamine groups is 6. The van der Waals surface area contributed by atoms with E-state index in [-0.39, 0.29) is 47.7 Å².